The average Bonchev–Trinajstić information content (AvgIpc) is 2.80. The number of halogens is 2. The highest BCUT2D eigenvalue weighted by Crippen LogP contribution is 2.46. The zero-order valence-corrected chi connectivity index (χ0v) is 20.1. The summed E-state index contributed by atoms with van der Waals surface area (Å²) >= 11 is 12.5. The molecule has 0 spiro atoms. The van der Waals surface area contributed by atoms with Gasteiger partial charge in [0.1, 0.15) is 12.2 Å². The molecule has 0 unspecified atom stereocenters. The van der Waals surface area contributed by atoms with Gasteiger partial charge >= 0.3 is 5.97 Å². The molecule has 33 heavy (non-hydrogen) atoms. The summed E-state index contributed by atoms with van der Waals surface area (Å²) < 4.78 is 6.25. The molecule has 2 aromatic carbocycles. The minimum atomic E-state index is -1.06. The summed E-state index contributed by atoms with van der Waals surface area (Å²) in [4.78, 5) is 27.2. The first-order chi connectivity index (χ1) is 15.8. The van der Waals surface area contributed by atoms with Crippen LogP contribution in [0.5, 0.6) is 0 Å². The number of morpholine rings is 1. The Bertz CT molecular complexity index is 990. The molecule has 1 saturated carbocycles. The highest BCUT2D eigenvalue weighted by molar-refractivity contribution is 6.30. The third-order valence-corrected chi connectivity index (χ3v) is 7.43. The van der Waals surface area contributed by atoms with E-state index in [0.29, 0.717) is 16.0 Å². The SMILES string of the molecule is C[C@H](C1CCCCC1)N1C(=O)[C@H](CC(=O)O)O[C@H](c2cccc(Cl)c2)[C@H]1c1ccc(Cl)cc1. The summed E-state index contributed by atoms with van der Waals surface area (Å²) in [5, 5.41) is 10.7. The molecule has 176 valence electrons. The maximum Gasteiger partial charge on any atom is 0.306 e. The van der Waals surface area contributed by atoms with Crippen LogP contribution >= 0.6 is 23.2 Å². The number of aliphatic carboxylic acids is 1. The minimum absolute atomic E-state index is 0.0552. The number of amides is 1. The lowest BCUT2D eigenvalue weighted by Gasteiger charge is -2.49. The molecule has 0 aromatic heterocycles. The van der Waals surface area contributed by atoms with E-state index in [-0.39, 0.29) is 18.4 Å². The van der Waals surface area contributed by atoms with E-state index in [1.165, 1.54) is 6.42 Å². The average molecular weight is 490 g/mol. The monoisotopic (exact) mass is 489 g/mol. The Balaban J connectivity index is 1.82. The molecule has 0 bridgehead atoms. The van der Waals surface area contributed by atoms with E-state index in [0.717, 1.165) is 36.8 Å². The first-order valence-electron chi connectivity index (χ1n) is 11.6. The van der Waals surface area contributed by atoms with Gasteiger partial charge in [0.05, 0.1) is 12.5 Å². The predicted octanol–water partition coefficient (Wildman–Crippen LogP) is 6.45. The third-order valence-electron chi connectivity index (χ3n) is 6.95. The summed E-state index contributed by atoms with van der Waals surface area (Å²) in [5.74, 6) is -0.969. The Morgan fingerprint density at radius 2 is 1.76 bits per heavy atom. The van der Waals surface area contributed by atoms with E-state index in [1.54, 1.807) is 6.07 Å². The molecule has 1 N–H and O–H groups in total. The van der Waals surface area contributed by atoms with Gasteiger partial charge in [0, 0.05) is 16.1 Å². The number of carbonyl (C=O) groups excluding carboxylic acids is 1. The maximum atomic E-state index is 13.7. The topological polar surface area (TPSA) is 66.8 Å². The molecule has 1 amide bonds. The van der Waals surface area contributed by atoms with Crippen LogP contribution in [-0.4, -0.2) is 34.0 Å². The predicted molar refractivity (Wildman–Crippen MR) is 128 cm³/mol. The van der Waals surface area contributed by atoms with Crippen LogP contribution in [0, 0.1) is 5.92 Å². The lowest BCUT2D eigenvalue weighted by Crippen LogP contribution is -2.56. The number of carboxylic acid groups (broad SMARTS) is 1. The minimum Gasteiger partial charge on any atom is -0.481 e. The van der Waals surface area contributed by atoms with Crippen molar-refractivity contribution in [1.82, 2.24) is 4.90 Å². The number of carbonyl (C=O) groups is 2. The molecule has 1 aliphatic carbocycles. The summed E-state index contributed by atoms with van der Waals surface area (Å²) in [6.07, 6.45) is 3.64. The van der Waals surface area contributed by atoms with Gasteiger partial charge in [-0.05, 0) is 61.1 Å². The lowest BCUT2D eigenvalue weighted by atomic mass is 9.81. The van der Waals surface area contributed by atoms with E-state index in [4.69, 9.17) is 27.9 Å². The molecule has 1 heterocycles. The second-order valence-electron chi connectivity index (χ2n) is 9.08. The van der Waals surface area contributed by atoms with Gasteiger partial charge in [-0.2, -0.15) is 0 Å². The second-order valence-corrected chi connectivity index (χ2v) is 9.95. The summed E-state index contributed by atoms with van der Waals surface area (Å²) in [6.45, 7) is 2.09. The van der Waals surface area contributed by atoms with Crippen molar-refractivity contribution in [2.45, 2.75) is 69.7 Å². The van der Waals surface area contributed by atoms with Crippen molar-refractivity contribution < 1.29 is 19.4 Å². The van der Waals surface area contributed by atoms with Gasteiger partial charge < -0.3 is 14.7 Å². The fourth-order valence-electron chi connectivity index (χ4n) is 5.29. The molecule has 4 atom stereocenters. The first kappa shape index (κ1) is 24.1. The van der Waals surface area contributed by atoms with Crippen molar-refractivity contribution in [1.29, 1.82) is 0 Å². The van der Waals surface area contributed by atoms with Gasteiger partial charge in [-0.1, -0.05) is 66.7 Å². The highest BCUT2D eigenvalue weighted by atomic mass is 35.5. The van der Waals surface area contributed by atoms with Gasteiger partial charge in [-0.15, -0.1) is 0 Å². The third kappa shape index (κ3) is 5.37. The van der Waals surface area contributed by atoms with Crippen LogP contribution in [0.15, 0.2) is 48.5 Å². The van der Waals surface area contributed by atoms with E-state index in [2.05, 4.69) is 6.92 Å². The summed E-state index contributed by atoms with van der Waals surface area (Å²) in [7, 11) is 0. The molecule has 7 heteroatoms. The smallest absolute Gasteiger partial charge is 0.306 e. The zero-order chi connectivity index (χ0) is 23.5. The van der Waals surface area contributed by atoms with E-state index >= 15 is 0 Å². The van der Waals surface area contributed by atoms with Gasteiger partial charge in [0.25, 0.3) is 5.91 Å². The van der Waals surface area contributed by atoms with Gasteiger partial charge in [-0.25, -0.2) is 0 Å². The number of benzene rings is 2. The zero-order valence-electron chi connectivity index (χ0n) is 18.6. The summed E-state index contributed by atoms with van der Waals surface area (Å²) in [5.41, 5.74) is 1.71. The van der Waals surface area contributed by atoms with Crippen LogP contribution in [0.2, 0.25) is 10.0 Å². The van der Waals surface area contributed by atoms with E-state index in [9.17, 15) is 14.7 Å². The fourth-order valence-corrected chi connectivity index (χ4v) is 5.62. The van der Waals surface area contributed by atoms with Crippen LogP contribution < -0.4 is 0 Å². The van der Waals surface area contributed by atoms with Crippen molar-refractivity contribution in [3.8, 4) is 0 Å². The standard InChI is InChI=1S/C26H29Cl2NO4/c1-16(17-6-3-2-4-7-17)29-24(18-10-12-20(27)13-11-18)25(19-8-5-9-21(28)14-19)33-22(26(29)32)15-23(30)31/h5,8-14,16-17,22,24-25H,2-4,6-7,15H2,1H3,(H,30,31)/t16-,22+,24-,25-/m1/s1. The molecule has 2 aromatic rings. The Labute approximate surface area is 204 Å². The van der Waals surface area contributed by atoms with Crippen molar-refractivity contribution in [2.24, 2.45) is 5.92 Å². The number of carboxylic acids is 1. The second kappa shape index (κ2) is 10.5. The Morgan fingerprint density at radius 3 is 2.39 bits per heavy atom. The number of rotatable bonds is 6. The lowest BCUT2D eigenvalue weighted by molar-refractivity contribution is -0.185. The Hall–Kier alpha value is -2.08. The highest BCUT2D eigenvalue weighted by Gasteiger charge is 2.47. The molecule has 2 fully saturated rings. The number of hydrogen-bond donors (Lipinski definition) is 1. The maximum absolute atomic E-state index is 13.7. The Morgan fingerprint density at radius 1 is 1.06 bits per heavy atom. The van der Waals surface area contributed by atoms with Crippen LogP contribution in [-0.2, 0) is 14.3 Å². The number of nitrogens with zero attached hydrogens (tertiary/aromatic N) is 1. The van der Waals surface area contributed by atoms with Gasteiger partial charge in [0.15, 0.2) is 0 Å². The molecule has 5 nitrogen and oxygen atoms in total. The Kier molecular flexibility index (Phi) is 7.62. The van der Waals surface area contributed by atoms with Gasteiger partial charge in [0.2, 0.25) is 0 Å². The van der Waals surface area contributed by atoms with Crippen molar-refractivity contribution >= 4 is 35.1 Å². The van der Waals surface area contributed by atoms with Crippen molar-refractivity contribution in [2.75, 3.05) is 0 Å². The van der Waals surface area contributed by atoms with Gasteiger partial charge in [-0.3, -0.25) is 9.59 Å². The molecule has 0 radical (unpaired) electrons. The quantitative estimate of drug-likeness (QED) is 0.506. The molecular formula is C26H29Cl2NO4. The number of ether oxygens (including phenoxy) is 1. The molecule has 2 aliphatic rings. The van der Waals surface area contributed by atoms with Crippen LogP contribution in [0.4, 0.5) is 0 Å². The number of hydrogen-bond acceptors (Lipinski definition) is 3. The van der Waals surface area contributed by atoms with E-state index < -0.39 is 24.2 Å². The molecular weight excluding hydrogens is 461 g/mol. The largest absolute Gasteiger partial charge is 0.481 e. The van der Waals surface area contributed by atoms with Crippen LogP contribution in [0.25, 0.3) is 0 Å². The van der Waals surface area contributed by atoms with Crippen LogP contribution in [0.3, 0.4) is 0 Å². The molecule has 4 rings (SSSR count). The normalized spacial score (nSPS) is 25.1. The molecule has 1 saturated heterocycles. The van der Waals surface area contributed by atoms with Crippen molar-refractivity contribution in [3.05, 3.63) is 69.7 Å². The van der Waals surface area contributed by atoms with Crippen molar-refractivity contribution in [3.63, 3.8) is 0 Å². The van der Waals surface area contributed by atoms with Crippen LogP contribution in [0.1, 0.15) is 68.7 Å². The first-order valence-corrected chi connectivity index (χ1v) is 12.3. The summed E-state index contributed by atoms with van der Waals surface area (Å²) in [6, 6.07) is 14.3. The fraction of sp³-hybridized carbons (Fsp3) is 0.462. The van der Waals surface area contributed by atoms with E-state index in [1.807, 2.05) is 47.4 Å². The molecule has 1 aliphatic heterocycles.